The molecule has 0 saturated carbocycles. The molecule has 2 amide bonds. The molecule has 2 aromatic carbocycles. The summed E-state index contributed by atoms with van der Waals surface area (Å²) in [5, 5.41) is 19.6. The smallest absolute Gasteiger partial charge is 0.475 e. The van der Waals surface area contributed by atoms with E-state index in [0.29, 0.717) is 55.4 Å². The molecule has 43 heavy (non-hydrogen) atoms. The summed E-state index contributed by atoms with van der Waals surface area (Å²) in [7, 11) is 0. The molecule has 0 atom stereocenters. The fourth-order valence-corrected chi connectivity index (χ4v) is 5.63. The summed E-state index contributed by atoms with van der Waals surface area (Å²) in [6, 6.07) is 14.9. The van der Waals surface area contributed by atoms with Crippen molar-refractivity contribution in [2.75, 3.05) is 44.2 Å². The highest BCUT2D eigenvalue weighted by Crippen LogP contribution is 2.33. The molecule has 4 rings (SSSR count). The van der Waals surface area contributed by atoms with E-state index in [2.05, 4.69) is 4.90 Å². The maximum Gasteiger partial charge on any atom is 0.490 e. The first-order valence-corrected chi connectivity index (χ1v) is 14.8. The van der Waals surface area contributed by atoms with Crippen molar-refractivity contribution in [3.8, 4) is 0 Å². The van der Waals surface area contributed by atoms with Crippen molar-refractivity contribution in [3.63, 3.8) is 0 Å². The molecule has 0 spiro atoms. The lowest BCUT2D eigenvalue weighted by molar-refractivity contribution is -0.192. The number of alkyl halides is 3. The zero-order valence-electron chi connectivity index (χ0n) is 23.8. The summed E-state index contributed by atoms with van der Waals surface area (Å²) in [6.45, 7) is 5.88. The van der Waals surface area contributed by atoms with Crippen molar-refractivity contribution in [2.24, 2.45) is 5.92 Å². The number of aliphatic hydroxyl groups is 1. The number of nitrogens with zero attached hydrogens (tertiary/aromatic N) is 3. The summed E-state index contributed by atoms with van der Waals surface area (Å²) >= 11 is 12.3. The molecule has 0 bridgehead atoms. The molecule has 2 saturated heterocycles. The van der Waals surface area contributed by atoms with Crippen molar-refractivity contribution in [3.05, 3.63) is 64.1 Å². The minimum Gasteiger partial charge on any atom is -0.475 e. The van der Waals surface area contributed by atoms with Crippen LogP contribution in [0.4, 0.5) is 18.9 Å². The molecule has 13 heteroatoms. The predicted octanol–water partition coefficient (Wildman–Crippen LogP) is 5.59. The normalized spacial score (nSPS) is 17.5. The van der Waals surface area contributed by atoms with Crippen molar-refractivity contribution in [2.45, 2.75) is 50.8 Å². The second-order valence-corrected chi connectivity index (χ2v) is 11.7. The molecule has 0 aliphatic carbocycles. The number of hydrogen-bond donors (Lipinski definition) is 2. The highest BCUT2D eigenvalue weighted by Gasteiger charge is 2.38. The molecular formula is C30H36Cl2F3N3O5. The molecule has 2 fully saturated rings. The van der Waals surface area contributed by atoms with Crippen molar-refractivity contribution in [1.29, 1.82) is 0 Å². The Morgan fingerprint density at radius 2 is 1.56 bits per heavy atom. The summed E-state index contributed by atoms with van der Waals surface area (Å²) in [6.07, 6.45) is -1.56. The first kappa shape index (κ1) is 34.6. The average Bonchev–Trinajstić information content (AvgIpc) is 2.96. The zero-order valence-corrected chi connectivity index (χ0v) is 25.3. The number of carboxylic acids is 1. The van der Waals surface area contributed by atoms with Gasteiger partial charge < -0.3 is 24.9 Å². The standard InChI is InChI=1S/C28H35Cl2N3O3.C2HF3O2/c1-21(34)32-16-10-22(11-17-32)27(35)33(26-5-2-4-25(30)20-26)15-3-14-31-18-12-28(36,13-19-31)23-6-8-24(29)9-7-23;3-2(4,5)1(6)7/h2,4-9,20,22,36H,3,10-19H2,1H3;(H,6,7). The van der Waals surface area contributed by atoms with Gasteiger partial charge in [0.25, 0.3) is 0 Å². The lowest BCUT2D eigenvalue weighted by Gasteiger charge is -2.39. The number of anilines is 1. The van der Waals surface area contributed by atoms with E-state index in [4.69, 9.17) is 33.1 Å². The molecule has 2 heterocycles. The number of piperidine rings is 2. The van der Waals surface area contributed by atoms with E-state index >= 15 is 0 Å². The van der Waals surface area contributed by atoms with Crippen LogP contribution in [0.3, 0.4) is 0 Å². The Kier molecular flexibility index (Phi) is 12.3. The molecule has 8 nitrogen and oxygen atoms in total. The van der Waals surface area contributed by atoms with Gasteiger partial charge in [0.1, 0.15) is 0 Å². The van der Waals surface area contributed by atoms with E-state index in [1.807, 2.05) is 58.3 Å². The summed E-state index contributed by atoms with van der Waals surface area (Å²) < 4.78 is 31.7. The van der Waals surface area contributed by atoms with Crippen LogP contribution in [0.1, 0.15) is 44.6 Å². The van der Waals surface area contributed by atoms with Crippen molar-refractivity contribution in [1.82, 2.24) is 9.80 Å². The minimum atomic E-state index is -5.08. The monoisotopic (exact) mass is 645 g/mol. The number of rotatable bonds is 7. The second kappa shape index (κ2) is 15.2. The molecule has 2 aliphatic heterocycles. The molecule has 2 aliphatic rings. The number of carboxylic acid groups (broad SMARTS) is 1. The summed E-state index contributed by atoms with van der Waals surface area (Å²) in [5.41, 5.74) is 0.913. The van der Waals surface area contributed by atoms with Gasteiger partial charge in [-0.1, -0.05) is 41.4 Å². The number of amides is 2. The maximum absolute atomic E-state index is 13.6. The van der Waals surface area contributed by atoms with Gasteiger partial charge in [0.15, 0.2) is 0 Å². The van der Waals surface area contributed by atoms with Gasteiger partial charge in [-0.25, -0.2) is 4.79 Å². The Morgan fingerprint density at radius 1 is 0.977 bits per heavy atom. The topological polar surface area (TPSA) is 101 Å². The lowest BCUT2D eigenvalue weighted by Crippen LogP contribution is -2.45. The minimum absolute atomic E-state index is 0.0667. The first-order valence-electron chi connectivity index (χ1n) is 14.0. The number of carbonyl (C=O) groups is 3. The quantitative estimate of drug-likeness (QED) is 0.407. The van der Waals surface area contributed by atoms with Crippen LogP contribution in [-0.4, -0.2) is 83.2 Å². The fourth-order valence-electron chi connectivity index (χ4n) is 5.32. The number of aliphatic carboxylic acids is 1. The van der Waals surface area contributed by atoms with Crippen molar-refractivity contribution < 1.29 is 37.8 Å². The van der Waals surface area contributed by atoms with Crippen LogP contribution in [0.2, 0.25) is 10.0 Å². The Hall–Kier alpha value is -2.86. The van der Waals surface area contributed by atoms with Crippen LogP contribution in [0.15, 0.2) is 48.5 Å². The van der Waals surface area contributed by atoms with Gasteiger partial charge in [-0.05, 0) is 74.5 Å². The van der Waals surface area contributed by atoms with E-state index in [-0.39, 0.29) is 17.7 Å². The third-order valence-electron chi connectivity index (χ3n) is 7.84. The van der Waals surface area contributed by atoms with Crippen LogP contribution in [-0.2, 0) is 20.0 Å². The van der Waals surface area contributed by atoms with Gasteiger partial charge in [-0.2, -0.15) is 13.2 Å². The van der Waals surface area contributed by atoms with E-state index in [1.165, 1.54) is 0 Å². The third-order valence-corrected chi connectivity index (χ3v) is 8.33. The van der Waals surface area contributed by atoms with Gasteiger partial charge in [0.2, 0.25) is 11.8 Å². The SMILES string of the molecule is CC(=O)N1CCC(C(=O)N(CCCN2CCC(O)(c3ccc(Cl)cc3)CC2)c2cccc(Cl)c2)CC1.O=C(O)C(F)(F)F. The molecule has 0 aromatic heterocycles. The van der Waals surface area contributed by atoms with E-state index in [1.54, 1.807) is 6.92 Å². The molecule has 0 unspecified atom stereocenters. The highest BCUT2D eigenvalue weighted by molar-refractivity contribution is 6.31. The van der Waals surface area contributed by atoms with E-state index < -0.39 is 17.7 Å². The van der Waals surface area contributed by atoms with Crippen molar-refractivity contribution >= 4 is 46.7 Å². The number of likely N-dealkylation sites (tertiary alicyclic amines) is 2. The molecule has 0 radical (unpaired) electrons. The first-order chi connectivity index (χ1) is 20.2. The van der Waals surface area contributed by atoms with Crippen LogP contribution in [0.25, 0.3) is 0 Å². The highest BCUT2D eigenvalue weighted by atomic mass is 35.5. The number of benzene rings is 2. The Bertz CT molecular complexity index is 1250. The van der Waals surface area contributed by atoms with E-state index in [0.717, 1.165) is 37.3 Å². The van der Waals surface area contributed by atoms with Crippen LogP contribution < -0.4 is 4.90 Å². The van der Waals surface area contributed by atoms with Gasteiger partial charge in [0, 0.05) is 61.3 Å². The number of hydrogen-bond acceptors (Lipinski definition) is 5. The fraction of sp³-hybridized carbons (Fsp3) is 0.500. The average molecular weight is 647 g/mol. The maximum atomic E-state index is 13.6. The number of halogens is 5. The Morgan fingerprint density at radius 3 is 2.07 bits per heavy atom. The molecule has 2 aromatic rings. The summed E-state index contributed by atoms with van der Waals surface area (Å²) in [4.78, 5) is 40.2. The molecular weight excluding hydrogens is 610 g/mol. The van der Waals surface area contributed by atoms with Crippen LogP contribution in [0, 0.1) is 5.92 Å². The van der Waals surface area contributed by atoms with Gasteiger partial charge in [-0.3, -0.25) is 9.59 Å². The third kappa shape index (κ3) is 10.1. The molecule has 236 valence electrons. The van der Waals surface area contributed by atoms with Crippen LogP contribution in [0.5, 0.6) is 0 Å². The Labute approximate surface area is 259 Å². The molecule has 2 N–H and O–H groups in total. The second-order valence-electron chi connectivity index (χ2n) is 10.8. The van der Waals surface area contributed by atoms with Gasteiger partial charge in [0.05, 0.1) is 5.60 Å². The van der Waals surface area contributed by atoms with E-state index in [9.17, 15) is 27.9 Å². The summed E-state index contributed by atoms with van der Waals surface area (Å²) in [5.74, 6) is -2.68. The van der Waals surface area contributed by atoms with Gasteiger partial charge in [-0.15, -0.1) is 0 Å². The zero-order chi connectivity index (χ0) is 31.8. The lowest BCUT2D eigenvalue weighted by atomic mass is 9.84. The number of carbonyl (C=O) groups excluding carboxylic acids is 2. The Balaban J connectivity index is 0.000000646. The van der Waals surface area contributed by atoms with Crippen LogP contribution >= 0.6 is 23.2 Å². The largest absolute Gasteiger partial charge is 0.490 e. The van der Waals surface area contributed by atoms with Gasteiger partial charge >= 0.3 is 12.1 Å². The predicted molar refractivity (Wildman–Crippen MR) is 158 cm³/mol.